The number of nitrogens with zero attached hydrogens (tertiary/aromatic N) is 1. The molecular weight excluding hydrogens is 236 g/mol. The molecule has 2 aliphatic rings. The molecule has 2 unspecified atom stereocenters. The van der Waals surface area contributed by atoms with E-state index in [2.05, 4.69) is 25.7 Å². The van der Waals surface area contributed by atoms with Crippen molar-refractivity contribution >= 4 is 0 Å². The Hall–Kier alpha value is -0.120. The van der Waals surface area contributed by atoms with Gasteiger partial charge >= 0.3 is 0 Å². The first-order valence-corrected chi connectivity index (χ1v) is 8.01. The zero-order chi connectivity index (χ0) is 13.9. The molecule has 2 heterocycles. The van der Waals surface area contributed by atoms with E-state index in [1.165, 1.54) is 38.8 Å². The molecule has 2 saturated heterocycles. The zero-order valence-corrected chi connectivity index (χ0v) is 13.1. The van der Waals surface area contributed by atoms with Crippen LogP contribution in [0.1, 0.15) is 52.9 Å². The largest absolute Gasteiger partial charge is 0.379 e. The first kappa shape index (κ1) is 15.3. The summed E-state index contributed by atoms with van der Waals surface area (Å²) in [5, 5.41) is 0. The number of hydrogen-bond donors (Lipinski definition) is 1. The second kappa shape index (κ2) is 6.11. The summed E-state index contributed by atoms with van der Waals surface area (Å²) in [6, 6.07) is 0. The van der Waals surface area contributed by atoms with E-state index in [9.17, 15) is 0 Å². The molecule has 2 aliphatic heterocycles. The first-order chi connectivity index (χ1) is 8.98. The number of likely N-dealkylation sites (tertiary alicyclic amines) is 1. The van der Waals surface area contributed by atoms with Gasteiger partial charge in [-0.15, -0.1) is 0 Å². The molecule has 19 heavy (non-hydrogen) atoms. The highest BCUT2D eigenvalue weighted by Crippen LogP contribution is 2.36. The van der Waals surface area contributed by atoms with Crippen molar-refractivity contribution in [1.29, 1.82) is 0 Å². The van der Waals surface area contributed by atoms with Crippen LogP contribution in [0.4, 0.5) is 0 Å². The summed E-state index contributed by atoms with van der Waals surface area (Å²) in [4.78, 5) is 2.65. The van der Waals surface area contributed by atoms with E-state index < -0.39 is 0 Å². The predicted molar refractivity (Wildman–Crippen MR) is 80.2 cm³/mol. The van der Waals surface area contributed by atoms with Crippen molar-refractivity contribution in [3.05, 3.63) is 0 Å². The topological polar surface area (TPSA) is 38.5 Å². The second-order valence-corrected chi connectivity index (χ2v) is 7.57. The average molecular weight is 268 g/mol. The molecule has 112 valence electrons. The van der Waals surface area contributed by atoms with E-state index in [0.717, 1.165) is 32.1 Å². The van der Waals surface area contributed by atoms with Gasteiger partial charge in [0.15, 0.2) is 0 Å². The van der Waals surface area contributed by atoms with E-state index in [0.29, 0.717) is 5.41 Å². The highest BCUT2D eigenvalue weighted by atomic mass is 16.5. The van der Waals surface area contributed by atoms with Crippen LogP contribution in [0, 0.1) is 11.3 Å². The Labute approximate surface area is 118 Å². The molecule has 0 aromatic rings. The van der Waals surface area contributed by atoms with Crippen LogP contribution in [0.5, 0.6) is 0 Å². The van der Waals surface area contributed by atoms with Crippen molar-refractivity contribution < 1.29 is 4.74 Å². The second-order valence-electron chi connectivity index (χ2n) is 7.57. The van der Waals surface area contributed by atoms with E-state index in [1.807, 2.05) is 0 Å². The fourth-order valence-corrected chi connectivity index (χ4v) is 3.81. The van der Waals surface area contributed by atoms with Gasteiger partial charge in [-0.2, -0.15) is 0 Å². The van der Waals surface area contributed by atoms with E-state index in [-0.39, 0.29) is 5.54 Å². The molecule has 3 heteroatoms. The molecule has 2 N–H and O–H groups in total. The van der Waals surface area contributed by atoms with Gasteiger partial charge < -0.3 is 10.5 Å². The number of hydrogen-bond acceptors (Lipinski definition) is 3. The summed E-state index contributed by atoms with van der Waals surface area (Å²) >= 11 is 0. The third kappa shape index (κ3) is 3.50. The SMILES string of the molecule is CC(C)(C)C1CCCN(C2(CN)CCCOC2)CC1. The van der Waals surface area contributed by atoms with Crippen LogP contribution in [-0.2, 0) is 4.74 Å². The summed E-state index contributed by atoms with van der Waals surface area (Å²) < 4.78 is 5.74. The third-order valence-electron chi connectivity index (χ3n) is 5.31. The molecule has 3 nitrogen and oxygen atoms in total. The molecule has 0 bridgehead atoms. The smallest absolute Gasteiger partial charge is 0.0662 e. The summed E-state index contributed by atoms with van der Waals surface area (Å²) in [6.07, 6.45) is 6.36. The van der Waals surface area contributed by atoms with Gasteiger partial charge in [-0.1, -0.05) is 20.8 Å². The lowest BCUT2D eigenvalue weighted by Crippen LogP contribution is -2.59. The van der Waals surface area contributed by atoms with Gasteiger partial charge in [0.05, 0.1) is 12.1 Å². The molecule has 0 aromatic heterocycles. The molecule has 2 fully saturated rings. The molecule has 2 atom stereocenters. The summed E-state index contributed by atoms with van der Waals surface area (Å²) in [5.41, 5.74) is 6.69. The van der Waals surface area contributed by atoms with Crippen molar-refractivity contribution in [2.45, 2.75) is 58.4 Å². The van der Waals surface area contributed by atoms with Crippen molar-refractivity contribution in [3.8, 4) is 0 Å². The van der Waals surface area contributed by atoms with Crippen LogP contribution in [-0.4, -0.2) is 43.3 Å². The highest BCUT2D eigenvalue weighted by Gasteiger charge is 2.39. The molecule has 0 saturated carbocycles. The van der Waals surface area contributed by atoms with Gasteiger partial charge in [0.25, 0.3) is 0 Å². The van der Waals surface area contributed by atoms with Crippen molar-refractivity contribution in [2.24, 2.45) is 17.1 Å². The number of nitrogens with two attached hydrogens (primary N) is 1. The van der Waals surface area contributed by atoms with Crippen LogP contribution in [0.15, 0.2) is 0 Å². The Morgan fingerprint density at radius 3 is 2.58 bits per heavy atom. The molecule has 0 spiro atoms. The van der Waals surface area contributed by atoms with Gasteiger partial charge in [0.2, 0.25) is 0 Å². The lowest BCUT2D eigenvalue weighted by Gasteiger charge is -2.45. The van der Waals surface area contributed by atoms with Crippen LogP contribution in [0.2, 0.25) is 0 Å². The molecular formula is C16H32N2O. The fourth-order valence-electron chi connectivity index (χ4n) is 3.81. The first-order valence-electron chi connectivity index (χ1n) is 8.01. The minimum atomic E-state index is 0.130. The van der Waals surface area contributed by atoms with Crippen molar-refractivity contribution in [1.82, 2.24) is 4.90 Å². The molecule has 0 radical (unpaired) electrons. The summed E-state index contributed by atoms with van der Waals surface area (Å²) in [7, 11) is 0. The Bertz CT molecular complexity index is 279. The monoisotopic (exact) mass is 268 g/mol. The fraction of sp³-hybridized carbons (Fsp3) is 1.00. The van der Waals surface area contributed by atoms with Gasteiger partial charge in [0, 0.05) is 13.2 Å². The minimum Gasteiger partial charge on any atom is -0.379 e. The maximum atomic E-state index is 6.12. The maximum Gasteiger partial charge on any atom is 0.0662 e. The van der Waals surface area contributed by atoms with E-state index in [4.69, 9.17) is 10.5 Å². The lowest BCUT2D eigenvalue weighted by molar-refractivity contribution is -0.0445. The molecule has 0 aliphatic carbocycles. The minimum absolute atomic E-state index is 0.130. The van der Waals surface area contributed by atoms with Crippen LogP contribution in [0.3, 0.4) is 0 Å². The zero-order valence-electron chi connectivity index (χ0n) is 13.1. The van der Waals surface area contributed by atoms with E-state index in [1.54, 1.807) is 0 Å². The Morgan fingerprint density at radius 1 is 1.21 bits per heavy atom. The third-order valence-corrected chi connectivity index (χ3v) is 5.31. The molecule has 2 rings (SSSR count). The average Bonchev–Trinajstić information content (AvgIpc) is 2.65. The Kier molecular flexibility index (Phi) is 4.91. The van der Waals surface area contributed by atoms with Crippen molar-refractivity contribution in [2.75, 3.05) is 32.8 Å². The summed E-state index contributed by atoms with van der Waals surface area (Å²) in [5.74, 6) is 0.844. The molecule has 0 amide bonds. The lowest BCUT2D eigenvalue weighted by atomic mass is 9.76. The standard InChI is InChI=1S/C16H32N2O/c1-15(2,3)14-6-4-9-18(10-7-14)16(12-17)8-5-11-19-13-16/h14H,4-13,17H2,1-3H3. The Balaban J connectivity index is 2.01. The number of rotatable bonds is 2. The normalized spacial score (nSPS) is 35.1. The van der Waals surface area contributed by atoms with Gasteiger partial charge in [-0.25, -0.2) is 0 Å². The van der Waals surface area contributed by atoms with Crippen molar-refractivity contribution in [3.63, 3.8) is 0 Å². The quantitative estimate of drug-likeness (QED) is 0.837. The van der Waals surface area contributed by atoms with Gasteiger partial charge in [-0.05, 0) is 56.5 Å². The number of ether oxygens (including phenoxy) is 1. The van der Waals surface area contributed by atoms with Crippen LogP contribution in [0.25, 0.3) is 0 Å². The van der Waals surface area contributed by atoms with Crippen LogP contribution >= 0.6 is 0 Å². The Morgan fingerprint density at radius 2 is 2.00 bits per heavy atom. The van der Waals surface area contributed by atoms with Gasteiger partial charge in [-0.3, -0.25) is 4.90 Å². The van der Waals surface area contributed by atoms with Gasteiger partial charge in [0.1, 0.15) is 0 Å². The van der Waals surface area contributed by atoms with Crippen LogP contribution < -0.4 is 5.73 Å². The maximum absolute atomic E-state index is 6.12. The summed E-state index contributed by atoms with van der Waals surface area (Å²) in [6.45, 7) is 12.0. The molecule has 0 aromatic carbocycles. The van der Waals surface area contributed by atoms with E-state index >= 15 is 0 Å². The highest BCUT2D eigenvalue weighted by molar-refractivity contribution is 4.95. The predicted octanol–water partition coefficient (Wildman–Crippen LogP) is 2.64.